The Kier molecular flexibility index (Phi) is 2.75. The summed E-state index contributed by atoms with van der Waals surface area (Å²) in [6.45, 7) is 0. The summed E-state index contributed by atoms with van der Waals surface area (Å²) in [6, 6.07) is 0. The van der Waals surface area contributed by atoms with Crippen molar-refractivity contribution >= 4 is 24.1 Å². The number of halogens is 7. The van der Waals surface area contributed by atoms with Gasteiger partial charge >= 0.3 is 0 Å². The van der Waals surface area contributed by atoms with Crippen LogP contribution in [0.2, 0.25) is 0 Å². The fourth-order valence-electron chi connectivity index (χ4n) is 1.60. The molecule has 8 heteroatoms. The zero-order valence-corrected chi connectivity index (χ0v) is 8.65. The van der Waals surface area contributed by atoms with Crippen LogP contribution in [0, 0.1) is 40.7 Å². The van der Waals surface area contributed by atoms with Crippen molar-refractivity contribution in [3.05, 3.63) is 40.7 Å². The molecular formula is C10H2BF7. The Morgan fingerprint density at radius 2 is 0.778 bits per heavy atom. The number of hydrogen-bond donors (Lipinski definition) is 0. The monoisotopic (exact) mass is 266 g/mol. The summed E-state index contributed by atoms with van der Waals surface area (Å²) in [5.74, 6) is -14.4. The lowest BCUT2D eigenvalue weighted by atomic mass is 9.90. The van der Waals surface area contributed by atoms with Crippen LogP contribution in [0.1, 0.15) is 0 Å². The first kappa shape index (κ1) is 12.7. The molecule has 0 unspecified atom stereocenters. The summed E-state index contributed by atoms with van der Waals surface area (Å²) >= 11 is 0. The number of fused-ring (bicyclic) bond motifs is 1. The standard InChI is InChI=1S/C10H2BF7/c11-3-4(12)1-2(5(13)8(3)16)7(15)10(18)9(17)6(1)14/h11H2. The molecule has 2 rings (SSSR count). The fourth-order valence-corrected chi connectivity index (χ4v) is 1.60. The number of hydrogen-bond acceptors (Lipinski definition) is 0. The Hall–Kier alpha value is -1.73. The highest BCUT2D eigenvalue weighted by molar-refractivity contribution is 6.33. The van der Waals surface area contributed by atoms with E-state index in [4.69, 9.17) is 0 Å². The molecule has 0 heterocycles. The molecule has 0 aliphatic heterocycles. The van der Waals surface area contributed by atoms with Gasteiger partial charge in [0.1, 0.15) is 13.7 Å². The maximum Gasteiger partial charge on any atom is 0.198 e. The van der Waals surface area contributed by atoms with Gasteiger partial charge in [-0.05, 0) is 5.46 Å². The summed E-state index contributed by atoms with van der Waals surface area (Å²) in [4.78, 5) is 0. The molecule has 0 spiro atoms. The van der Waals surface area contributed by atoms with E-state index in [1.807, 2.05) is 0 Å². The molecule has 2 aromatic carbocycles. The predicted molar refractivity (Wildman–Crippen MR) is 51.8 cm³/mol. The highest BCUT2D eigenvalue weighted by Gasteiger charge is 2.28. The third kappa shape index (κ3) is 1.41. The highest BCUT2D eigenvalue weighted by atomic mass is 19.2. The second-order valence-corrected chi connectivity index (χ2v) is 3.57. The van der Waals surface area contributed by atoms with Crippen LogP contribution in [0.3, 0.4) is 0 Å². The van der Waals surface area contributed by atoms with Crippen LogP contribution in [0.15, 0.2) is 0 Å². The summed E-state index contributed by atoms with van der Waals surface area (Å²) in [5.41, 5.74) is -0.954. The Labute approximate surface area is 96.4 Å². The molecule has 0 aliphatic rings. The van der Waals surface area contributed by atoms with E-state index in [-0.39, 0.29) is 0 Å². The lowest BCUT2D eigenvalue weighted by Gasteiger charge is -2.10. The topological polar surface area (TPSA) is 0 Å². The zero-order valence-electron chi connectivity index (χ0n) is 8.65. The lowest BCUT2D eigenvalue weighted by Crippen LogP contribution is -2.19. The van der Waals surface area contributed by atoms with Gasteiger partial charge in [0.2, 0.25) is 0 Å². The van der Waals surface area contributed by atoms with Crippen LogP contribution in [0.5, 0.6) is 0 Å². The second-order valence-electron chi connectivity index (χ2n) is 3.57. The third-order valence-electron chi connectivity index (χ3n) is 2.56. The average Bonchev–Trinajstić information content (AvgIpc) is 2.35. The van der Waals surface area contributed by atoms with Gasteiger partial charge in [0.05, 0.1) is 10.8 Å². The van der Waals surface area contributed by atoms with Crippen molar-refractivity contribution in [1.82, 2.24) is 0 Å². The molecule has 0 nitrogen and oxygen atoms in total. The predicted octanol–water partition coefficient (Wildman–Crippen LogP) is 2.07. The Balaban J connectivity index is 3.22. The molecule has 0 amide bonds. The van der Waals surface area contributed by atoms with Gasteiger partial charge in [-0.3, -0.25) is 0 Å². The summed E-state index contributed by atoms with van der Waals surface area (Å²) in [7, 11) is 0.756. The number of rotatable bonds is 0. The van der Waals surface area contributed by atoms with E-state index in [2.05, 4.69) is 0 Å². The van der Waals surface area contributed by atoms with Crippen molar-refractivity contribution in [3.63, 3.8) is 0 Å². The molecule has 0 fully saturated rings. The minimum atomic E-state index is -2.33. The zero-order chi connectivity index (χ0) is 13.8. The number of benzene rings is 2. The van der Waals surface area contributed by atoms with Gasteiger partial charge in [-0.15, -0.1) is 0 Å². The second kappa shape index (κ2) is 3.89. The Bertz CT molecular complexity index is 567. The minimum absolute atomic E-state index is 0.756. The van der Waals surface area contributed by atoms with Crippen LogP contribution in [-0.2, 0) is 0 Å². The molecule has 0 saturated heterocycles. The molecule has 0 aliphatic carbocycles. The molecule has 0 radical (unpaired) electrons. The van der Waals surface area contributed by atoms with Crippen molar-refractivity contribution in [2.75, 3.05) is 0 Å². The normalized spacial score (nSPS) is 11.3. The van der Waals surface area contributed by atoms with Crippen molar-refractivity contribution in [3.8, 4) is 0 Å². The van der Waals surface area contributed by atoms with E-state index < -0.39 is 57.0 Å². The first-order chi connectivity index (χ1) is 8.29. The van der Waals surface area contributed by atoms with E-state index in [9.17, 15) is 30.7 Å². The van der Waals surface area contributed by atoms with Crippen LogP contribution < -0.4 is 5.46 Å². The molecule has 0 bridgehead atoms. The maximum absolute atomic E-state index is 13.5. The smallest absolute Gasteiger partial charge is 0.198 e. The third-order valence-corrected chi connectivity index (χ3v) is 2.56. The highest BCUT2D eigenvalue weighted by Crippen LogP contribution is 2.30. The minimum Gasteiger partial charge on any atom is -0.207 e. The molecule has 0 aromatic heterocycles. The van der Waals surface area contributed by atoms with Crippen molar-refractivity contribution < 1.29 is 30.7 Å². The SMILES string of the molecule is Bc1c(F)c(F)c2c(F)c(F)c(F)c(F)c2c1F. The maximum atomic E-state index is 13.5. The van der Waals surface area contributed by atoms with E-state index in [0.29, 0.717) is 0 Å². The van der Waals surface area contributed by atoms with Gasteiger partial charge in [0.15, 0.2) is 34.9 Å². The molecule has 0 N–H and O–H groups in total. The Morgan fingerprint density at radius 1 is 0.444 bits per heavy atom. The van der Waals surface area contributed by atoms with Gasteiger partial charge in [0, 0.05) is 0 Å². The van der Waals surface area contributed by atoms with Crippen LogP contribution in [-0.4, -0.2) is 7.85 Å². The average molecular weight is 266 g/mol. The van der Waals surface area contributed by atoms with Crippen molar-refractivity contribution in [1.29, 1.82) is 0 Å². The largest absolute Gasteiger partial charge is 0.207 e. The van der Waals surface area contributed by atoms with Crippen molar-refractivity contribution in [2.45, 2.75) is 0 Å². The van der Waals surface area contributed by atoms with Gasteiger partial charge in [0.25, 0.3) is 0 Å². The molecular weight excluding hydrogens is 264 g/mol. The van der Waals surface area contributed by atoms with Gasteiger partial charge in [-0.2, -0.15) is 0 Å². The quantitative estimate of drug-likeness (QED) is 0.296. The van der Waals surface area contributed by atoms with E-state index in [1.54, 1.807) is 0 Å². The first-order valence-electron chi connectivity index (χ1n) is 4.57. The van der Waals surface area contributed by atoms with Gasteiger partial charge in [-0.25, -0.2) is 30.7 Å². The van der Waals surface area contributed by atoms with Crippen LogP contribution >= 0.6 is 0 Å². The van der Waals surface area contributed by atoms with Gasteiger partial charge in [-0.1, -0.05) is 0 Å². The molecule has 18 heavy (non-hydrogen) atoms. The molecule has 94 valence electrons. The Morgan fingerprint density at radius 3 is 1.22 bits per heavy atom. The summed E-state index contributed by atoms with van der Waals surface area (Å²) < 4.78 is 92.3. The van der Waals surface area contributed by atoms with Crippen molar-refractivity contribution in [2.24, 2.45) is 0 Å². The fraction of sp³-hybridized carbons (Fsp3) is 0. The van der Waals surface area contributed by atoms with Crippen LogP contribution in [0.4, 0.5) is 30.7 Å². The summed E-state index contributed by atoms with van der Waals surface area (Å²) in [5, 5.41) is -3.05. The van der Waals surface area contributed by atoms with E-state index in [0.717, 1.165) is 7.85 Å². The first-order valence-corrected chi connectivity index (χ1v) is 4.57. The van der Waals surface area contributed by atoms with Crippen LogP contribution in [0.25, 0.3) is 10.8 Å². The van der Waals surface area contributed by atoms with Gasteiger partial charge < -0.3 is 0 Å². The molecule has 0 saturated carbocycles. The lowest BCUT2D eigenvalue weighted by molar-refractivity contribution is 0.412. The van der Waals surface area contributed by atoms with E-state index >= 15 is 0 Å². The molecule has 0 atom stereocenters. The summed E-state index contributed by atoms with van der Waals surface area (Å²) in [6.07, 6.45) is 0. The molecule has 2 aromatic rings. The van der Waals surface area contributed by atoms with E-state index in [1.165, 1.54) is 0 Å².